The van der Waals surface area contributed by atoms with Gasteiger partial charge in [-0.3, -0.25) is 19.3 Å². The normalized spacial score (nSPS) is 23.7. The van der Waals surface area contributed by atoms with Gasteiger partial charge < -0.3 is 20.4 Å². The van der Waals surface area contributed by atoms with E-state index in [1.165, 1.54) is 0 Å². The summed E-state index contributed by atoms with van der Waals surface area (Å²) in [6.45, 7) is 8.94. The van der Waals surface area contributed by atoms with Crippen LogP contribution in [0.25, 0.3) is 10.9 Å². The standard InChI is InChI=1S/C26H35N7O3/c1-16(2)23-25(35)29-22-15-33(26(36)18-8-10-31(11-9-18)17(3)34)13-12-32(22)14-21-27-20-7-5-4-6-19(20)24(28-21)30-23/h4-7,16,18,22-23H,8-15H2,1-3H3,(H,29,35)(H,27,28,30)/t22-,23+/m1/s1. The SMILES string of the molecule is CC(=O)N1CCC(C(=O)N2CCN3Cc4nc(c5ccccc5n4)N[C@@H](C(C)C)C(=O)N[C@H]3C2)CC1. The van der Waals surface area contributed by atoms with E-state index in [2.05, 4.69) is 15.5 Å². The first-order valence-corrected chi connectivity index (χ1v) is 12.9. The molecule has 0 radical (unpaired) electrons. The lowest BCUT2D eigenvalue weighted by Crippen LogP contribution is -2.63. The highest BCUT2D eigenvalue weighted by molar-refractivity contribution is 5.92. The largest absolute Gasteiger partial charge is 0.358 e. The Bertz CT molecular complexity index is 1160. The van der Waals surface area contributed by atoms with Gasteiger partial charge in [-0.15, -0.1) is 0 Å². The quantitative estimate of drug-likeness (QED) is 0.651. The molecule has 2 aromatic rings. The summed E-state index contributed by atoms with van der Waals surface area (Å²) in [5, 5.41) is 7.48. The Morgan fingerprint density at radius 2 is 1.75 bits per heavy atom. The second kappa shape index (κ2) is 10.0. The van der Waals surface area contributed by atoms with Crippen LogP contribution < -0.4 is 10.6 Å². The van der Waals surface area contributed by atoms with Gasteiger partial charge in [0.2, 0.25) is 17.7 Å². The van der Waals surface area contributed by atoms with Crippen molar-refractivity contribution in [2.24, 2.45) is 11.8 Å². The second-order valence-electron chi connectivity index (χ2n) is 10.4. The number of aromatic nitrogens is 2. The molecule has 1 aromatic heterocycles. The average Bonchev–Trinajstić information content (AvgIpc) is 2.87. The number of carbonyl (C=O) groups excluding carboxylic acids is 3. The number of hydrogen-bond donors (Lipinski definition) is 2. The molecule has 1 aromatic carbocycles. The van der Waals surface area contributed by atoms with E-state index in [0.717, 1.165) is 10.9 Å². The molecule has 2 atom stereocenters. The molecule has 0 aliphatic carbocycles. The molecule has 2 fully saturated rings. The van der Waals surface area contributed by atoms with E-state index < -0.39 is 6.04 Å². The van der Waals surface area contributed by atoms with Gasteiger partial charge in [-0.1, -0.05) is 26.0 Å². The molecule has 10 nitrogen and oxygen atoms in total. The molecule has 4 heterocycles. The van der Waals surface area contributed by atoms with Crippen molar-refractivity contribution in [3.05, 3.63) is 30.1 Å². The van der Waals surface area contributed by atoms with E-state index in [1.54, 1.807) is 11.8 Å². The molecule has 2 bridgehead atoms. The summed E-state index contributed by atoms with van der Waals surface area (Å²) < 4.78 is 0. The Labute approximate surface area is 211 Å². The maximum Gasteiger partial charge on any atom is 0.244 e. The minimum atomic E-state index is -0.474. The van der Waals surface area contributed by atoms with Gasteiger partial charge >= 0.3 is 0 Å². The van der Waals surface area contributed by atoms with E-state index in [-0.39, 0.29) is 35.7 Å². The van der Waals surface area contributed by atoms with Crippen LogP contribution in [0.15, 0.2) is 24.3 Å². The minimum absolute atomic E-state index is 0.0304. The fourth-order valence-electron chi connectivity index (χ4n) is 5.47. The van der Waals surface area contributed by atoms with Crippen LogP contribution in [0.2, 0.25) is 0 Å². The van der Waals surface area contributed by atoms with Crippen molar-refractivity contribution in [2.45, 2.75) is 52.4 Å². The lowest BCUT2D eigenvalue weighted by atomic mass is 9.94. The van der Waals surface area contributed by atoms with Gasteiger partial charge in [-0.25, -0.2) is 9.97 Å². The highest BCUT2D eigenvalue weighted by Crippen LogP contribution is 2.26. The zero-order valence-electron chi connectivity index (χ0n) is 21.2. The van der Waals surface area contributed by atoms with Gasteiger partial charge in [-0.2, -0.15) is 0 Å². The summed E-state index contributed by atoms with van der Waals surface area (Å²) in [5.41, 5.74) is 0.843. The maximum atomic E-state index is 13.5. The van der Waals surface area contributed by atoms with Crippen LogP contribution in [0.1, 0.15) is 39.4 Å². The van der Waals surface area contributed by atoms with Crippen molar-refractivity contribution in [3.63, 3.8) is 0 Å². The summed E-state index contributed by atoms with van der Waals surface area (Å²) in [5.74, 6) is 1.39. The third-order valence-corrected chi connectivity index (χ3v) is 7.64. The molecule has 36 heavy (non-hydrogen) atoms. The number of carbonyl (C=O) groups is 3. The third kappa shape index (κ3) is 4.86. The van der Waals surface area contributed by atoms with Crippen molar-refractivity contribution in [2.75, 3.05) is 38.0 Å². The van der Waals surface area contributed by atoms with Crippen LogP contribution in [-0.2, 0) is 20.9 Å². The number of amides is 3. The summed E-state index contributed by atoms with van der Waals surface area (Å²) in [6, 6.07) is 7.36. The smallest absolute Gasteiger partial charge is 0.244 e. The molecule has 3 aliphatic heterocycles. The zero-order valence-corrected chi connectivity index (χ0v) is 21.2. The van der Waals surface area contributed by atoms with E-state index in [9.17, 15) is 14.4 Å². The number of piperidine rings is 1. The first-order chi connectivity index (χ1) is 17.3. The molecule has 2 N–H and O–H groups in total. The topological polar surface area (TPSA) is 111 Å². The highest BCUT2D eigenvalue weighted by atomic mass is 16.2. The Balaban J connectivity index is 1.38. The van der Waals surface area contributed by atoms with Gasteiger partial charge in [0.15, 0.2) is 0 Å². The predicted molar refractivity (Wildman–Crippen MR) is 136 cm³/mol. The number of likely N-dealkylation sites (tertiary alicyclic amines) is 1. The van der Waals surface area contributed by atoms with Crippen molar-refractivity contribution in [1.82, 2.24) is 30.0 Å². The molecule has 0 saturated carbocycles. The molecular weight excluding hydrogens is 458 g/mol. The van der Waals surface area contributed by atoms with Crippen molar-refractivity contribution in [1.29, 1.82) is 0 Å². The minimum Gasteiger partial charge on any atom is -0.358 e. The molecule has 2 saturated heterocycles. The van der Waals surface area contributed by atoms with Crippen LogP contribution in [0.4, 0.5) is 5.82 Å². The first kappa shape index (κ1) is 24.4. The third-order valence-electron chi connectivity index (χ3n) is 7.64. The van der Waals surface area contributed by atoms with Crippen LogP contribution in [-0.4, -0.2) is 87.3 Å². The highest BCUT2D eigenvalue weighted by Gasteiger charge is 2.37. The number of nitrogens with one attached hydrogen (secondary N) is 2. The number of piperazine rings is 1. The number of para-hydroxylation sites is 1. The summed E-state index contributed by atoms with van der Waals surface area (Å²) in [6.07, 6.45) is 1.04. The number of nitrogens with zero attached hydrogens (tertiary/aromatic N) is 5. The predicted octanol–water partition coefficient (Wildman–Crippen LogP) is 1.42. The zero-order chi connectivity index (χ0) is 25.4. The van der Waals surface area contributed by atoms with Crippen molar-refractivity contribution >= 4 is 34.4 Å². The van der Waals surface area contributed by atoms with E-state index in [1.807, 2.05) is 43.0 Å². The summed E-state index contributed by atoms with van der Waals surface area (Å²) >= 11 is 0. The lowest BCUT2D eigenvalue weighted by molar-refractivity contribution is -0.144. The molecule has 3 amide bonds. The number of benzene rings is 1. The summed E-state index contributed by atoms with van der Waals surface area (Å²) in [7, 11) is 0. The van der Waals surface area contributed by atoms with E-state index in [0.29, 0.717) is 63.8 Å². The fourth-order valence-corrected chi connectivity index (χ4v) is 5.47. The number of fused-ring (bicyclic) bond motifs is 5. The van der Waals surface area contributed by atoms with Gasteiger partial charge in [0, 0.05) is 44.4 Å². The van der Waals surface area contributed by atoms with Crippen LogP contribution in [0.3, 0.4) is 0 Å². The second-order valence-corrected chi connectivity index (χ2v) is 10.4. The van der Waals surface area contributed by atoms with Gasteiger partial charge in [0.25, 0.3) is 0 Å². The first-order valence-electron chi connectivity index (χ1n) is 12.9. The van der Waals surface area contributed by atoms with Gasteiger partial charge in [0.05, 0.1) is 18.6 Å². The van der Waals surface area contributed by atoms with Crippen LogP contribution in [0, 0.1) is 11.8 Å². The number of anilines is 1. The Morgan fingerprint density at radius 1 is 1.00 bits per heavy atom. The molecule has 3 aliphatic rings. The molecule has 10 heteroatoms. The van der Waals surface area contributed by atoms with E-state index >= 15 is 0 Å². The Morgan fingerprint density at radius 3 is 2.47 bits per heavy atom. The van der Waals surface area contributed by atoms with Gasteiger partial charge in [-0.05, 0) is 30.9 Å². The molecule has 192 valence electrons. The maximum absolute atomic E-state index is 13.5. The van der Waals surface area contributed by atoms with Crippen molar-refractivity contribution < 1.29 is 14.4 Å². The Kier molecular flexibility index (Phi) is 6.79. The van der Waals surface area contributed by atoms with Crippen LogP contribution in [0.5, 0.6) is 0 Å². The molecule has 0 unspecified atom stereocenters. The lowest BCUT2D eigenvalue weighted by Gasteiger charge is -2.44. The molecule has 5 rings (SSSR count). The van der Waals surface area contributed by atoms with Crippen LogP contribution >= 0.6 is 0 Å². The Hall–Kier alpha value is -3.27. The average molecular weight is 494 g/mol. The van der Waals surface area contributed by atoms with E-state index in [4.69, 9.17) is 9.97 Å². The number of hydrogen-bond acceptors (Lipinski definition) is 7. The molecular formula is C26H35N7O3. The summed E-state index contributed by atoms with van der Waals surface area (Å²) in [4.78, 5) is 53.9. The monoisotopic (exact) mass is 493 g/mol. The number of rotatable bonds is 2. The fraction of sp³-hybridized carbons (Fsp3) is 0.577. The van der Waals surface area contributed by atoms with Gasteiger partial charge in [0.1, 0.15) is 23.8 Å². The van der Waals surface area contributed by atoms with Crippen molar-refractivity contribution in [3.8, 4) is 0 Å². The molecule has 0 spiro atoms.